The Labute approximate surface area is 117 Å². The molecule has 0 fully saturated rings. The van der Waals surface area contributed by atoms with Gasteiger partial charge in [0.2, 0.25) is 0 Å². The summed E-state index contributed by atoms with van der Waals surface area (Å²) >= 11 is 0. The normalized spacial score (nSPS) is 13.3. The Morgan fingerprint density at radius 1 is 1.40 bits per heavy atom. The molecule has 2 unspecified atom stereocenters. The number of carbonyl (C=O) groups excluding carboxylic acids is 1. The molecule has 2 atom stereocenters. The maximum absolute atomic E-state index is 11.7. The number of methoxy groups -OCH3 is 1. The van der Waals surface area contributed by atoms with E-state index in [-0.39, 0.29) is 25.0 Å². The van der Waals surface area contributed by atoms with Crippen LogP contribution in [0.3, 0.4) is 0 Å². The van der Waals surface area contributed by atoms with Crippen LogP contribution in [0.25, 0.3) is 0 Å². The van der Waals surface area contributed by atoms with Crippen molar-refractivity contribution in [2.24, 2.45) is 0 Å². The third-order valence-corrected chi connectivity index (χ3v) is 2.78. The molecule has 1 rings (SSSR count). The number of ether oxygens (including phenoxy) is 1. The molecule has 0 spiro atoms. The molecule has 7 heteroatoms. The van der Waals surface area contributed by atoms with Crippen LogP contribution in [-0.4, -0.2) is 41.8 Å². The number of urea groups is 1. The topological polar surface area (TPSA) is 101 Å². The van der Waals surface area contributed by atoms with Gasteiger partial charge >= 0.3 is 12.0 Å². The van der Waals surface area contributed by atoms with Gasteiger partial charge in [-0.25, -0.2) is 4.79 Å². The van der Waals surface area contributed by atoms with Crippen molar-refractivity contribution in [1.82, 2.24) is 15.6 Å². The van der Waals surface area contributed by atoms with Gasteiger partial charge in [0.25, 0.3) is 0 Å². The first-order valence-corrected chi connectivity index (χ1v) is 6.21. The third-order valence-electron chi connectivity index (χ3n) is 2.78. The number of hydrogen-bond acceptors (Lipinski definition) is 4. The van der Waals surface area contributed by atoms with E-state index in [0.29, 0.717) is 0 Å². The first-order chi connectivity index (χ1) is 9.52. The third kappa shape index (κ3) is 5.66. The predicted octanol–water partition coefficient (Wildman–Crippen LogP) is 0.931. The average Bonchev–Trinajstić information content (AvgIpc) is 2.44. The number of amides is 2. The van der Waals surface area contributed by atoms with Gasteiger partial charge in [-0.15, -0.1) is 0 Å². The largest absolute Gasteiger partial charge is 0.481 e. The zero-order valence-electron chi connectivity index (χ0n) is 11.5. The molecule has 7 nitrogen and oxygen atoms in total. The minimum absolute atomic E-state index is 0.137. The molecular weight excluding hydrogens is 262 g/mol. The number of aliphatic carboxylic acids is 1. The van der Waals surface area contributed by atoms with Crippen LogP contribution in [0.15, 0.2) is 24.5 Å². The maximum atomic E-state index is 11.7. The van der Waals surface area contributed by atoms with E-state index < -0.39 is 12.1 Å². The molecule has 0 aromatic carbocycles. The Morgan fingerprint density at radius 3 is 2.60 bits per heavy atom. The van der Waals surface area contributed by atoms with E-state index in [1.165, 1.54) is 7.11 Å². The lowest BCUT2D eigenvalue weighted by atomic mass is 10.1. The lowest BCUT2D eigenvalue weighted by Gasteiger charge is -2.17. The van der Waals surface area contributed by atoms with Gasteiger partial charge in [0.1, 0.15) is 0 Å². The van der Waals surface area contributed by atoms with Crippen molar-refractivity contribution in [2.45, 2.75) is 25.5 Å². The molecule has 0 aliphatic heterocycles. The first kappa shape index (κ1) is 15.9. The van der Waals surface area contributed by atoms with E-state index in [1.807, 2.05) is 19.1 Å². The molecular formula is C13H19N3O4. The fourth-order valence-corrected chi connectivity index (χ4v) is 1.62. The molecule has 3 N–H and O–H groups in total. The number of carbonyl (C=O) groups is 2. The highest BCUT2D eigenvalue weighted by Gasteiger charge is 2.14. The number of nitrogens with one attached hydrogen (secondary N) is 2. The molecule has 0 saturated carbocycles. The lowest BCUT2D eigenvalue weighted by molar-refractivity contribution is -0.139. The summed E-state index contributed by atoms with van der Waals surface area (Å²) in [7, 11) is 1.41. The first-order valence-electron chi connectivity index (χ1n) is 6.21. The predicted molar refractivity (Wildman–Crippen MR) is 72.2 cm³/mol. The van der Waals surface area contributed by atoms with E-state index in [0.717, 1.165) is 5.56 Å². The Hall–Kier alpha value is -2.15. The summed E-state index contributed by atoms with van der Waals surface area (Å²) in [6.45, 7) is 1.98. The summed E-state index contributed by atoms with van der Waals surface area (Å²) in [5.74, 6) is -0.968. The highest BCUT2D eigenvalue weighted by atomic mass is 16.5. The van der Waals surface area contributed by atoms with Gasteiger partial charge in [-0.1, -0.05) is 0 Å². The molecule has 1 aromatic rings. The second-order valence-electron chi connectivity index (χ2n) is 4.31. The smallest absolute Gasteiger partial charge is 0.315 e. The second kappa shape index (κ2) is 8.11. The van der Waals surface area contributed by atoms with E-state index in [2.05, 4.69) is 15.6 Å². The van der Waals surface area contributed by atoms with Crippen molar-refractivity contribution >= 4 is 12.0 Å². The minimum atomic E-state index is -0.968. The van der Waals surface area contributed by atoms with Crippen molar-refractivity contribution < 1.29 is 19.4 Å². The van der Waals surface area contributed by atoms with Crippen molar-refractivity contribution in [3.05, 3.63) is 30.1 Å². The summed E-state index contributed by atoms with van der Waals surface area (Å²) in [6.07, 6.45) is 2.60. The number of rotatable bonds is 7. The van der Waals surface area contributed by atoms with Crippen molar-refractivity contribution in [2.75, 3.05) is 13.7 Å². The quantitative estimate of drug-likeness (QED) is 0.690. The molecule has 1 aromatic heterocycles. The molecule has 0 aliphatic carbocycles. The van der Waals surface area contributed by atoms with E-state index >= 15 is 0 Å². The number of hydrogen-bond donors (Lipinski definition) is 3. The van der Waals surface area contributed by atoms with Crippen LogP contribution in [0, 0.1) is 0 Å². The highest BCUT2D eigenvalue weighted by Crippen LogP contribution is 2.09. The Bertz CT molecular complexity index is 439. The average molecular weight is 281 g/mol. The van der Waals surface area contributed by atoms with Crippen LogP contribution in [0.5, 0.6) is 0 Å². The second-order valence-corrected chi connectivity index (χ2v) is 4.31. The fraction of sp³-hybridized carbons (Fsp3) is 0.462. The number of pyridine rings is 1. The Kier molecular flexibility index (Phi) is 6.45. The molecule has 0 aliphatic rings. The number of carboxylic acid groups (broad SMARTS) is 1. The standard InChI is InChI=1S/C13H19N3O4/c1-9(10-3-5-14-6-4-10)16-13(19)15-8-11(20-2)7-12(17)18/h3-6,9,11H,7-8H2,1-2H3,(H,17,18)(H2,15,16,19). The Morgan fingerprint density at radius 2 is 2.05 bits per heavy atom. The summed E-state index contributed by atoms with van der Waals surface area (Å²) < 4.78 is 4.97. The van der Waals surface area contributed by atoms with E-state index in [9.17, 15) is 9.59 Å². The number of nitrogens with zero attached hydrogens (tertiary/aromatic N) is 1. The SMILES string of the molecule is COC(CNC(=O)NC(C)c1ccncc1)CC(=O)O. The van der Waals surface area contributed by atoms with Crippen LogP contribution >= 0.6 is 0 Å². The zero-order valence-corrected chi connectivity index (χ0v) is 11.5. The lowest BCUT2D eigenvalue weighted by Crippen LogP contribution is -2.41. The number of carboxylic acids is 1. The highest BCUT2D eigenvalue weighted by molar-refractivity contribution is 5.74. The molecule has 0 saturated heterocycles. The molecule has 2 amide bonds. The molecule has 20 heavy (non-hydrogen) atoms. The van der Waals surface area contributed by atoms with Crippen LogP contribution < -0.4 is 10.6 Å². The van der Waals surface area contributed by atoms with Crippen molar-refractivity contribution in [3.63, 3.8) is 0 Å². The van der Waals surface area contributed by atoms with E-state index in [4.69, 9.17) is 9.84 Å². The van der Waals surface area contributed by atoms with Gasteiger partial charge in [0, 0.05) is 26.0 Å². The molecule has 0 bridgehead atoms. The molecule has 110 valence electrons. The van der Waals surface area contributed by atoms with Crippen LogP contribution in [-0.2, 0) is 9.53 Å². The maximum Gasteiger partial charge on any atom is 0.315 e. The van der Waals surface area contributed by atoms with E-state index in [1.54, 1.807) is 12.4 Å². The summed E-state index contributed by atoms with van der Waals surface area (Å²) in [5, 5.41) is 14.0. The van der Waals surface area contributed by atoms with Crippen LogP contribution in [0.1, 0.15) is 24.9 Å². The van der Waals surface area contributed by atoms with Gasteiger partial charge in [-0.2, -0.15) is 0 Å². The minimum Gasteiger partial charge on any atom is -0.481 e. The van der Waals surface area contributed by atoms with Crippen molar-refractivity contribution in [1.29, 1.82) is 0 Å². The van der Waals surface area contributed by atoms with Crippen LogP contribution in [0.4, 0.5) is 4.79 Å². The molecule has 1 heterocycles. The van der Waals surface area contributed by atoms with Gasteiger partial charge in [-0.3, -0.25) is 9.78 Å². The number of aromatic nitrogens is 1. The summed E-state index contributed by atoms with van der Waals surface area (Å²) in [4.78, 5) is 26.2. The van der Waals surface area contributed by atoms with Gasteiger partial charge < -0.3 is 20.5 Å². The Balaban J connectivity index is 2.38. The monoisotopic (exact) mass is 281 g/mol. The van der Waals surface area contributed by atoms with Gasteiger partial charge in [-0.05, 0) is 24.6 Å². The fourth-order valence-electron chi connectivity index (χ4n) is 1.62. The van der Waals surface area contributed by atoms with Crippen LogP contribution in [0.2, 0.25) is 0 Å². The van der Waals surface area contributed by atoms with Gasteiger partial charge in [0.05, 0.1) is 18.6 Å². The summed E-state index contributed by atoms with van der Waals surface area (Å²) in [6, 6.07) is 3.08. The van der Waals surface area contributed by atoms with Gasteiger partial charge in [0.15, 0.2) is 0 Å². The molecule has 0 radical (unpaired) electrons. The summed E-state index contributed by atoms with van der Waals surface area (Å²) in [5.41, 5.74) is 0.934. The van der Waals surface area contributed by atoms with Crippen molar-refractivity contribution in [3.8, 4) is 0 Å². The zero-order chi connectivity index (χ0) is 15.0.